The van der Waals surface area contributed by atoms with Crippen molar-refractivity contribution < 1.29 is 14.6 Å². The van der Waals surface area contributed by atoms with Crippen molar-refractivity contribution in [3.05, 3.63) is 57.0 Å². The van der Waals surface area contributed by atoms with Crippen LogP contribution in [0.2, 0.25) is 5.02 Å². The van der Waals surface area contributed by atoms with Gasteiger partial charge in [0.15, 0.2) is 11.5 Å². The van der Waals surface area contributed by atoms with Gasteiger partial charge >= 0.3 is 0 Å². The molecule has 0 radical (unpaired) electrons. The van der Waals surface area contributed by atoms with Gasteiger partial charge in [-0.3, -0.25) is 0 Å². The summed E-state index contributed by atoms with van der Waals surface area (Å²) in [4.78, 5) is 0. The first-order valence-corrected chi connectivity index (χ1v) is 7.74. The summed E-state index contributed by atoms with van der Waals surface area (Å²) in [6, 6.07) is 11.3. The topological polar surface area (TPSA) is 38.7 Å². The van der Waals surface area contributed by atoms with Crippen LogP contribution in [0.15, 0.2) is 40.9 Å². The number of hydrogen-bond donors (Lipinski definition) is 1. The van der Waals surface area contributed by atoms with Crippen LogP contribution in [-0.4, -0.2) is 11.7 Å². The predicted molar refractivity (Wildman–Crippen MR) is 87.0 cm³/mol. The molecule has 1 N–H and O–H groups in total. The number of ether oxygens (including phenoxy) is 2. The van der Waals surface area contributed by atoms with Gasteiger partial charge in [0.05, 0.1) is 18.2 Å². The van der Waals surface area contributed by atoms with Gasteiger partial charge in [0.2, 0.25) is 0 Å². The average Bonchev–Trinajstić information content (AvgIpc) is 2.46. The summed E-state index contributed by atoms with van der Waals surface area (Å²) in [6.45, 7) is 2.68. The molecule has 21 heavy (non-hydrogen) atoms. The third-order valence-electron chi connectivity index (χ3n) is 2.82. The standard InChI is InChI=1S/C16H16BrClO3/c1-2-20-15-8-12(9-19)7-14(18)16(15)21-10-11-4-3-5-13(17)6-11/h3-8,19H,2,9-10H2,1H3. The average molecular weight is 372 g/mol. The molecule has 2 rings (SSSR count). The normalized spacial score (nSPS) is 10.5. The lowest BCUT2D eigenvalue weighted by Gasteiger charge is -2.15. The van der Waals surface area contributed by atoms with E-state index in [-0.39, 0.29) is 6.61 Å². The van der Waals surface area contributed by atoms with Crippen LogP contribution in [0.5, 0.6) is 11.5 Å². The van der Waals surface area contributed by atoms with E-state index in [9.17, 15) is 5.11 Å². The molecule has 0 fully saturated rings. The van der Waals surface area contributed by atoms with E-state index < -0.39 is 0 Å². The molecule has 0 saturated carbocycles. The van der Waals surface area contributed by atoms with E-state index in [0.29, 0.717) is 35.3 Å². The molecule has 0 saturated heterocycles. The molecule has 0 spiro atoms. The number of aliphatic hydroxyl groups excluding tert-OH is 1. The summed E-state index contributed by atoms with van der Waals surface area (Å²) in [5.41, 5.74) is 1.72. The van der Waals surface area contributed by atoms with Crippen molar-refractivity contribution in [1.82, 2.24) is 0 Å². The Morgan fingerprint density at radius 2 is 1.95 bits per heavy atom. The van der Waals surface area contributed by atoms with Crippen LogP contribution >= 0.6 is 27.5 Å². The van der Waals surface area contributed by atoms with Gasteiger partial charge in [0.1, 0.15) is 6.61 Å². The number of hydrogen-bond acceptors (Lipinski definition) is 3. The molecule has 2 aromatic carbocycles. The van der Waals surface area contributed by atoms with Crippen LogP contribution in [0.1, 0.15) is 18.1 Å². The Balaban J connectivity index is 2.22. The third kappa shape index (κ3) is 4.37. The minimum absolute atomic E-state index is 0.0916. The second kappa shape index (κ2) is 7.69. The molecule has 0 heterocycles. The summed E-state index contributed by atoms with van der Waals surface area (Å²) in [5, 5.41) is 9.65. The molecular weight excluding hydrogens is 356 g/mol. The van der Waals surface area contributed by atoms with E-state index in [4.69, 9.17) is 21.1 Å². The highest BCUT2D eigenvalue weighted by Crippen LogP contribution is 2.37. The van der Waals surface area contributed by atoms with Crippen LogP contribution in [0.25, 0.3) is 0 Å². The zero-order chi connectivity index (χ0) is 15.2. The summed E-state index contributed by atoms with van der Waals surface area (Å²) < 4.78 is 12.3. The van der Waals surface area contributed by atoms with E-state index in [2.05, 4.69) is 15.9 Å². The second-order valence-electron chi connectivity index (χ2n) is 4.41. The quantitative estimate of drug-likeness (QED) is 0.808. The SMILES string of the molecule is CCOc1cc(CO)cc(Cl)c1OCc1cccc(Br)c1. The molecular formula is C16H16BrClO3. The Kier molecular flexibility index (Phi) is 5.91. The lowest BCUT2D eigenvalue weighted by Crippen LogP contribution is -2.01. The van der Waals surface area contributed by atoms with Crippen molar-refractivity contribution in [2.45, 2.75) is 20.1 Å². The summed E-state index contributed by atoms with van der Waals surface area (Å²) in [7, 11) is 0. The number of benzene rings is 2. The first-order chi connectivity index (χ1) is 10.1. The Hall–Kier alpha value is -1.23. The van der Waals surface area contributed by atoms with E-state index in [1.807, 2.05) is 31.2 Å². The summed E-state index contributed by atoms with van der Waals surface area (Å²) in [6.07, 6.45) is 0. The van der Waals surface area contributed by atoms with E-state index in [1.165, 1.54) is 0 Å². The van der Waals surface area contributed by atoms with Crippen LogP contribution in [0.4, 0.5) is 0 Å². The fourth-order valence-electron chi connectivity index (χ4n) is 1.90. The van der Waals surface area contributed by atoms with E-state index in [0.717, 1.165) is 10.0 Å². The fraction of sp³-hybridized carbons (Fsp3) is 0.250. The molecule has 5 heteroatoms. The Bertz CT molecular complexity index is 616. The van der Waals surface area contributed by atoms with Crippen LogP contribution in [0, 0.1) is 0 Å². The molecule has 2 aromatic rings. The van der Waals surface area contributed by atoms with Crippen LogP contribution in [-0.2, 0) is 13.2 Å². The van der Waals surface area contributed by atoms with Gasteiger partial charge in [0, 0.05) is 4.47 Å². The van der Waals surface area contributed by atoms with Gasteiger partial charge < -0.3 is 14.6 Å². The zero-order valence-electron chi connectivity index (χ0n) is 11.6. The number of rotatable bonds is 6. The fourth-order valence-corrected chi connectivity index (χ4v) is 2.63. The molecule has 0 aromatic heterocycles. The van der Waals surface area contributed by atoms with Crippen molar-refractivity contribution in [3.63, 3.8) is 0 Å². The van der Waals surface area contributed by atoms with Gasteiger partial charge in [-0.15, -0.1) is 0 Å². The highest BCUT2D eigenvalue weighted by Gasteiger charge is 2.12. The summed E-state index contributed by atoms with van der Waals surface area (Å²) >= 11 is 9.65. The minimum atomic E-state index is -0.0916. The maximum Gasteiger partial charge on any atom is 0.180 e. The van der Waals surface area contributed by atoms with Gasteiger partial charge in [-0.25, -0.2) is 0 Å². The summed E-state index contributed by atoms with van der Waals surface area (Å²) in [5.74, 6) is 1.04. The van der Waals surface area contributed by atoms with Gasteiger partial charge in [-0.1, -0.05) is 39.7 Å². The number of aliphatic hydroxyl groups is 1. The lowest BCUT2D eigenvalue weighted by molar-refractivity contribution is 0.264. The van der Waals surface area contributed by atoms with Crippen molar-refractivity contribution in [2.75, 3.05) is 6.61 Å². The molecule has 0 aliphatic heterocycles. The van der Waals surface area contributed by atoms with Gasteiger partial charge in [0.25, 0.3) is 0 Å². The van der Waals surface area contributed by atoms with Gasteiger partial charge in [-0.05, 0) is 42.3 Å². The molecule has 0 aliphatic carbocycles. The minimum Gasteiger partial charge on any atom is -0.490 e. The smallest absolute Gasteiger partial charge is 0.180 e. The van der Waals surface area contributed by atoms with E-state index in [1.54, 1.807) is 12.1 Å². The molecule has 0 aliphatic rings. The van der Waals surface area contributed by atoms with Crippen molar-refractivity contribution in [3.8, 4) is 11.5 Å². The molecule has 0 atom stereocenters. The zero-order valence-corrected chi connectivity index (χ0v) is 13.9. The first kappa shape index (κ1) is 16.1. The van der Waals surface area contributed by atoms with Crippen LogP contribution < -0.4 is 9.47 Å². The number of halogens is 2. The maximum atomic E-state index is 9.22. The Labute approximate surface area is 137 Å². The molecule has 3 nitrogen and oxygen atoms in total. The van der Waals surface area contributed by atoms with E-state index >= 15 is 0 Å². The Morgan fingerprint density at radius 3 is 2.62 bits per heavy atom. The lowest BCUT2D eigenvalue weighted by atomic mass is 10.2. The van der Waals surface area contributed by atoms with Crippen LogP contribution in [0.3, 0.4) is 0 Å². The highest BCUT2D eigenvalue weighted by molar-refractivity contribution is 9.10. The van der Waals surface area contributed by atoms with Crippen molar-refractivity contribution >= 4 is 27.5 Å². The Morgan fingerprint density at radius 1 is 1.14 bits per heavy atom. The largest absolute Gasteiger partial charge is 0.490 e. The third-order valence-corrected chi connectivity index (χ3v) is 3.60. The predicted octanol–water partition coefficient (Wildman–Crippen LogP) is 4.57. The van der Waals surface area contributed by atoms with Crippen molar-refractivity contribution in [1.29, 1.82) is 0 Å². The first-order valence-electron chi connectivity index (χ1n) is 6.57. The maximum absolute atomic E-state index is 9.22. The molecule has 0 amide bonds. The molecule has 0 bridgehead atoms. The highest BCUT2D eigenvalue weighted by atomic mass is 79.9. The van der Waals surface area contributed by atoms with Crippen molar-refractivity contribution in [2.24, 2.45) is 0 Å². The molecule has 0 unspecified atom stereocenters. The van der Waals surface area contributed by atoms with Gasteiger partial charge in [-0.2, -0.15) is 0 Å². The molecule has 112 valence electrons. The monoisotopic (exact) mass is 370 g/mol. The second-order valence-corrected chi connectivity index (χ2v) is 5.74.